The molecular formula is C42H50N6O10S. The van der Waals surface area contributed by atoms with Crippen molar-refractivity contribution in [3.8, 4) is 23.1 Å². The Morgan fingerprint density at radius 3 is 2.31 bits per heavy atom. The number of ether oxygens (including phenoxy) is 2. The highest BCUT2D eigenvalue weighted by Crippen LogP contribution is 2.41. The molecule has 2 aromatic heterocycles. The van der Waals surface area contributed by atoms with Crippen LogP contribution in [0.5, 0.6) is 17.4 Å². The summed E-state index contributed by atoms with van der Waals surface area (Å²) >= 11 is 1.21. The summed E-state index contributed by atoms with van der Waals surface area (Å²) in [6.07, 6.45) is 10.9. The molecule has 0 aliphatic heterocycles. The second-order valence-corrected chi connectivity index (χ2v) is 14.9. The van der Waals surface area contributed by atoms with Gasteiger partial charge in [-0.2, -0.15) is 5.10 Å². The van der Waals surface area contributed by atoms with Gasteiger partial charge in [0.25, 0.3) is 16.8 Å². The first kappa shape index (κ1) is 44.1. The molecule has 17 heteroatoms. The monoisotopic (exact) mass is 830 g/mol. The number of phenols is 1. The molecule has 0 atom stereocenters. The van der Waals surface area contributed by atoms with Gasteiger partial charge in [0, 0.05) is 40.8 Å². The number of aliphatic carboxylic acids is 1. The van der Waals surface area contributed by atoms with Crippen LogP contribution in [0.25, 0.3) is 16.5 Å². The Morgan fingerprint density at radius 2 is 1.63 bits per heavy atom. The minimum absolute atomic E-state index is 0.103. The molecule has 2 heterocycles. The number of nitrogens with zero attached hydrogens (tertiary/aromatic N) is 5. The van der Waals surface area contributed by atoms with Crippen molar-refractivity contribution < 1.29 is 43.4 Å². The van der Waals surface area contributed by atoms with Crippen molar-refractivity contribution >= 4 is 46.1 Å². The van der Waals surface area contributed by atoms with E-state index < -0.39 is 22.8 Å². The topological polar surface area (TPSA) is 222 Å². The smallest absolute Gasteiger partial charge is 0.315 e. The minimum Gasteiger partial charge on any atom is -0.506 e. The Balaban J connectivity index is 1.54. The van der Waals surface area contributed by atoms with E-state index in [4.69, 9.17) is 24.1 Å². The lowest BCUT2D eigenvalue weighted by molar-refractivity contribution is -0.384. The number of non-ortho nitro benzene ring substituents is 1. The van der Waals surface area contributed by atoms with Gasteiger partial charge in [-0.25, -0.2) is 4.68 Å². The number of carboxylic acid groups (broad SMARTS) is 1. The van der Waals surface area contributed by atoms with Gasteiger partial charge in [-0.15, -0.1) is 10.2 Å². The fraction of sp³-hybridized carbons (Fsp3) is 0.429. The van der Waals surface area contributed by atoms with Gasteiger partial charge >= 0.3 is 11.9 Å². The molecule has 0 spiro atoms. The summed E-state index contributed by atoms with van der Waals surface area (Å²) in [5.41, 5.74) is 1.58. The third kappa shape index (κ3) is 12.5. The van der Waals surface area contributed by atoms with Gasteiger partial charge in [0.2, 0.25) is 11.8 Å². The van der Waals surface area contributed by atoms with E-state index in [1.807, 2.05) is 6.92 Å². The van der Waals surface area contributed by atoms with Crippen molar-refractivity contribution in [1.29, 1.82) is 0 Å². The zero-order valence-corrected chi connectivity index (χ0v) is 34.1. The predicted molar refractivity (Wildman–Crippen MR) is 220 cm³/mol. The van der Waals surface area contributed by atoms with Crippen molar-refractivity contribution in [2.24, 2.45) is 0 Å². The van der Waals surface area contributed by atoms with Crippen molar-refractivity contribution in [2.45, 2.75) is 108 Å². The van der Waals surface area contributed by atoms with Crippen LogP contribution in [0.1, 0.15) is 112 Å². The fourth-order valence-electron chi connectivity index (χ4n) is 6.38. The highest BCUT2D eigenvalue weighted by atomic mass is 32.2. The van der Waals surface area contributed by atoms with E-state index in [1.165, 1.54) is 62.1 Å². The van der Waals surface area contributed by atoms with Crippen LogP contribution in [0.15, 0.2) is 64.2 Å². The van der Waals surface area contributed by atoms with Crippen LogP contribution >= 0.6 is 11.8 Å². The normalized spacial score (nSPS) is 11.2. The molecule has 3 N–H and O–H groups in total. The van der Waals surface area contributed by atoms with Gasteiger partial charge in [0.05, 0.1) is 34.9 Å². The van der Waals surface area contributed by atoms with Crippen LogP contribution in [0, 0.1) is 10.1 Å². The van der Waals surface area contributed by atoms with Crippen molar-refractivity contribution in [2.75, 3.05) is 13.2 Å². The van der Waals surface area contributed by atoms with E-state index in [0.29, 0.717) is 40.6 Å². The number of nitro groups is 1. The number of thioether (sulfide) groups is 1. The number of esters is 1. The highest BCUT2D eigenvalue weighted by molar-refractivity contribution is 7.98. The van der Waals surface area contributed by atoms with Crippen molar-refractivity contribution in [3.05, 3.63) is 87.4 Å². The number of nitrogens with one attached hydrogen (secondary N) is 1. The third-order valence-electron chi connectivity index (χ3n) is 9.45. The summed E-state index contributed by atoms with van der Waals surface area (Å²) in [5.74, 6) is -1.82. The third-order valence-corrected chi connectivity index (χ3v) is 10.3. The zero-order valence-electron chi connectivity index (χ0n) is 33.3. The number of aryl methyl sites for hydroxylation is 1. The second kappa shape index (κ2) is 22.3. The lowest BCUT2D eigenvalue weighted by Crippen LogP contribution is -2.26. The molecule has 314 valence electrons. The van der Waals surface area contributed by atoms with Crippen LogP contribution in [-0.2, 0) is 32.9 Å². The van der Waals surface area contributed by atoms with Gasteiger partial charge in [-0.3, -0.25) is 24.5 Å². The van der Waals surface area contributed by atoms with Crippen LogP contribution < -0.4 is 10.1 Å². The lowest BCUT2D eigenvalue weighted by Gasteiger charge is -2.16. The molecule has 0 saturated heterocycles. The summed E-state index contributed by atoms with van der Waals surface area (Å²) < 4.78 is 19.3. The van der Waals surface area contributed by atoms with Gasteiger partial charge in [-0.1, -0.05) is 101 Å². The number of carbonyl (C=O) groups excluding carboxylic acids is 2. The summed E-state index contributed by atoms with van der Waals surface area (Å²) in [6, 6.07) is 14.1. The minimum atomic E-state index is -1.09. The van der Waals surface area contributed by atoms with E-state index in [2.05, 4.69) is 22.4 Å². The lowest BCUT2D eigenvalue weighted by atomic mass is 10.0. The molecule has 5 aromatic rings. The number of carboxylic acids is 1. The predicted octanol–water partition coefficient (Wildman–Crippen LogP) is 8.88. The molecule has 0 aliphatic carbocycles. The van der Waals surface area contributed by atoms with E-state index in [0.717, 1.165) is 25.7 Å². The van der Waals surface area contributed by atoms with Gasteiger partial charge < -0.3 is 29.4 Å². The van der Waals surface area contributed by atoms with E-state index in [1.54, 1.807) is 41.1 Å². The first-order chi connectivity index (χ1) is 28.6. The molecule has 0 radical (unpaired) electrons. The number of hydrogen-bond donors (Lipinski definition) is 3. The number of rotatable bonds is 25. The Kier molecular flexibility index (Phi) is 16.6. The molecule has 3 aromatic carbocycles. The molecule has 0 aliphatic rings. The Bertz CT molecular complexity index is 2200. The number of benzene rings is 3. The average Bonchev–Trinajstić information content (AvgIpc) is 3.82. The van der Waals surface area contributed by atoms with Gasteiger partial charge in [0.15, 0.2) is 0 Å². The number of aromatic hydroxyl groups is 1. The fourth-order valence-corrected chi connectivity index (χ4v) is 7.19. The van der Waals surface area contributed by atoms with Crippen LogP contribution in [-0.4, -0.2) is 66.1 Å². The molecule has 5 rings (SSSR count). The number of phenolic OH excluding ortho intramolecular Hbond substituents is 1. The van der Waals surface area contributed by atoms with Gasteiger partial charge in [-0.05, 0) is 37.5 Å². The molecule has 1 amide bonds. The largest absolute Gasteiger partial charge is 0.506 e. The van der Waals surface area contributed by atoms with E-state index in [-0.39, 0.29) is 71.5 Å². The van der Waals surface area contributed by atoms with E-state index >= 15 is 0 Å². The number of unbranched alkanes of at least 4 members (excludes halogenated alkanes) is 8. The number of amides is 1. The summed E-state index contributed by atoms with van der Waals surface area (Å²) in [5, 5.41) is 48.6. The Morgan fingerprint density at radius 1 is 0.932 bits per heavy atom. The number of hydrogen-bond acceptors (Lipinski definition) is 13. The highest BCUT2D eigenvalue weighted by Gasteiger charge is 2.26. The molecule has 0 fully saturated rings. The van der Waals surface area contributed by atoms with Crippen molar-refractivity contribution in [3.63, 3.8) is 0 Å². The quantitative estimate of drug-likeness (QED) is 0.0164. The maximum atomic E-state index is 13.3. The molecule has 0 bridgehead atoms. The number of aromatic nitrogens is 4. The van der Waals surface area contributed by atoms with Crippen LogP contribution in [0.3, 0.4) is 0 Å². The van der Waals surface area contributed by atoms with Crippen LogP contribution in [0.4, 0.5) is 5.69 Å². The zero-order chi connectivity index (χ0) is 42.1. The maximum absolute atomic E-state index is 13.3. The average molecular weight is 831 g/mol. The number of nitro benzene ring substituents is 1. The molecule has 16 nitrogen and oxygen atoms in total. The number of carbonyl (C=O) groups is 3. The van der Waals surface area contributed by atoms with Gasteiger partial charge in [0.1, 0.15) is 17.9 Å². The molecule has 0 unspecified atom stereocenters. The molecule has 59 heavy (non-hydrogen) atoms. The summed E-state index contributed by atoms with van der Waals surface area (Å²) in [7, 11) is 0. The Hall–Kier alpha value is -5.97. The molecular weight excluding hydrogens is 781 g/mol. The first-order valence-electron chi connectivity index (χ1n) is 20.0. The number of fused-ring (bicyclic) bond motifs is 1. The SMILES string of the molecule is CCCCCCCCCCCc1nn(-c2ccc([N+](=O)[O-])cc2)c(Oc2cc(C(=O)NCCC(=O)O)c(O)c3ccccc23)c1CSc1nnc(CC(=O)OCCC)o1. The maximum Gasteiger partial charge on any atom is 0.315 e. The molecule has 0 saturated carbocycles. The summed E-state index contributed by atoms with van der Waals surface area (Å²) in [6.45, 7) is 4.22. The Labute approximate surface area is 345 Å². The van der Waals surface area contributed by atoms with Crippen molar-refractivity contribution in [1.82, 2.24) is 25.3 Å². The second-order valence-electron chi connectivity index (χ2n) is 14.0. The standard InChI is InChI=1S/C42H50N6O10S/c1-3-5-6-7-8-9-10-11-12-17-34-33(27-59-42-45-44-36(58-42)26-38(51)56-24-4-2)41(47(46-34)28-18-20-29(21-19-28)48(54)55)57-35-25-32(40(53)43-23-22-37(49)50)39(52)31-16-14-13-15-30(31)35/h13-16,18-21,25,52H,3-12,17,22-24,26-27H2,1-2H3,(H,43,53)(H,49,50). The van der Waals surface area contributed by atoms with E-state index in [9.17, 15) is 29.6 Å². The summed E-state index contributed by atoms with van der Waals surface area (Å²) in [4.78, 5) is 47.8. The van der Waals surface area contributed by atoms with Crippen LogP contribution in [0.2, 0.25) is 0 Å². The first-order valence-corrected chi connectivity index (χ1v) is 21.0.